The summed E-state index contributed by atoms with van der Waals surface area (Å²) in [5.41, 5.74) is 0.931. The molecule has 0 unspecified atom stereocenters. The summed E-state index contributed by atoms with van der Waals surface area (Å²) >= 11 is 12.0. The molecule has 2 fully saturated rings. The number of hydrogen-bond acceptors (Lipinski definition) is 2. The quantitative estimate of drug-likeness (QED) is 0.840. The van der Waals surface area contributed by atoms with Crippen LogP contribution in [0.3, 0.4) is 0 Å². The number of halogens is 2. The standard InChI is InChI=1S/C17H22Cl2N2O/c1-20(2)15-8-12-5-6-21(16(15)9-12)17(22)10-11-3-4-13(18)14(19)7-11/h3-4,7,12,15-16H,5-6,8-10H2,1-2H3/t12-,15+,16-/m0/s1. The summed E-state index contributed by atoms with van der Waals surface area (Å²) in [4.78, 5) is 17.1. The Morgan fingerprint density at radius 2 is 2.05 bits per heavy atom. The Morgan fingerprint density at radius 3 is 2.73 bits per heavy atom. The smallest absolute Gasteiger partial charge is 0.227 e. The van der Waals surface area contributed by atoms with Crippen LogP contribution in [-0.2, 0) is 11.2 Å². The molecular formula is C17H22Cl2N2O. The Kier molecular flexibility index (Phi) is 4.67. The number of benzene rings is 1. The highest BCUT2D eigenvalue weighted by atomic mass is 35.5. The fourth-order valence-electron chi connectivity index (χ4n) is 3.94. The highest BCUT2D eigenvalue weighted by molar-refractivity contribution is 6.42. The summed E-state index contributed by atoms with van der Waals surface area (Å²) in [6, 6.07) is 6.30. The highest BCUT2D eigenvalue weighted by Crippen LogP contribution is 2.39. The molecule has 1 aliphatic carbocycles. The number of carbonyl (C=O) groups excluding carboxylic acids is 1. The molecule has 1 saturated carbocycles. The first-order valence-corrected chi connectivity index (χ1v) is 8.61. The predicted molar refractivity (Wildman–Crippen MR) is 90.5 cm³/mol. The SMILES string of the molecule is CN(C)[C@@H]1C[C@@H]2CCN(C(=O)Cc3ccc(Cl)c(Cl)c3)[C@H]1C2. The van der Waals surface area contributed by atoms with Crippen LogP contribution >= 0.6 is 23.2 Å². The molecule has 120 valence electrons. The molecule has 1 heterocycles. The number of nitrogens with zero attached hydrogens (tertiary/aromatic N) is 2. The molecule has 1 aliphatic heterocycles. The van der Waals surface area contributed by atoms with Crippen molar-refractivity contribution in [1.29, 1.82) is 0 Å². The molecule has 1 amide bonds. The Hall–Kier alpha value is -0.770. The van der Waals surface area contributed by atoms with Gasteiger partial charge in [0.15, 0.2) is 0 Å². The van der Waals surface area contributed by atoms with Gasteiger partial charge in [0.05, 0.1) is 16.5 Å². The van der Waals surface area contributed by atoms with E-state index in [0.717, 1.165) is 30.9 Å². The number of hydrogen-bond donors (Lipinski definition) is 0. The van der Waals surface area contributed by atoms with Gasteiger partial charge in [-0.15, -0.1) is 0 Å². The number of rotatable bonds is 3. The van der Waals surface area contributed by atoms with Crippen LogP contribution < -0.4 is 0 Å². The van der Waals surface area contributed by atoms with Crippen molar-refractivity contribution in [1.82, 2.24) is 9.80 Å². The van der Waals surface area contributed by atoms with Crippen molar-refractivity contribution < 1.29 is 4.79 Å². The van der Waals surface area contributed by atoms with Gasteiger partial charge in [0, 0.05) is 18.6 Å². The molecule has 5 heteroatoms. The van der Waals surface area contributed by atoms with E-state index in [9.17, 15) is 4.79 Å². The summed E-state index contributed by atoms with van der Waals surface area (Å²) in [6.07, 6.45) is 3.90. The van der Waals surface area contributed by atoms with Gasteiger partial charge in [-0.05, 0) is 57.0 Å². The van der Waals surface area contributed by atoms with Gasteiger partial charge in [0.1, 0.15) is 0 Å². The fourth-order valence-corrected chi connectivity index (χ4v) is 4.26. The van der Waals surface area contributed by atoms with Crippen molar-refractivity contribution in [3.05, 3.63) is 33.8 Å². The maximum absolute atomic E-state index is 12.8. The predicted octanol–water partition coefficient (Wildman–Crippen LogP) is 3.48. The lowest BCUT2D eigenvalue weighted by Crippen LogP contribution is -2.50. The van der Waals surface area contributed by atoms with E-state index in [1.165, 1.54) is 6.42 Å². The molecule has 0 spiro atoms. The third-order valence-corrected chi connectivity index (χ3v) is 5.83. The lowest BCUT2D eigenvalue weighted by atomic mass is 9.98. The van der Waals surface area contributed by atoms with Gasteiger partial charge in [-0.25, -0.2) is 0 Å². The van der Waals surface area contributed by atoms with Crippen LogP contribution in [0.5, 0.6) is 0 Å². The van der Waals surface area contributed by atoms with Gasteiger partial charge in [0.2, 0.25) is 5.91 Å². The average Bonchev–Trinajstić information content (AvgIpc) is 2.80. The van der Waals surface area contributed by atoms with Crippen molar-refractivity contribution in [2.24, 2.45) is 5.92 Å². The van der Waals surface area contributed by atoms with Crippen molar-refractivity contribution >= 4 is 29.1 Å². The summed E-state index contributed by atoms with van der Waals surface area (Å²) in [7, 11) is 4.24. The minimum Gasteiger partial charge on any atom is -0.338 e. The van der Waals surface area contributed by atoms with Crippen molar-refractivity contribution in [2.45, 2.75) is 37.8 Å². The van der Waals surface area contributed by atoms with E-state index in [-0.39, 0.29) is 5.91 Å². The lowest BCUT2D eigenvalue weighted by molar-refractivity contribution is -0.134. The number of likely N-dealkylation sites (N-methyl/N-ethyl adjacent to an activating group) is 1. The maximum atomic E-state index is 12.8. The van der Waals surface area contributed by atoms with E-state index in [0.29, 0.717) is 28.5 Å². The number of piperidine rings is 1. The first kappa shape index (κ1) is 16.1. The molecule has 3 nitrogen and oxygen atoms in total. The fraction of sp³-hybridized carbons (Fsp3) is 0.588. The number of carbonyl (C=O) groups is 1. The molecule has 1 saturated heterocycles. The van der Waals surface area contributed by atoms with Crippen LogP contribution in [0.2, 0.25) is 10.0 Å². The molecule has 2 aliphatic rings. The number of fused-ring (bicyclic) bond motifs is 2. The number of likely N-dealkylation sites (tertiary alicyclic amines) is 1. The zero-order chi connectivity index (χ0) is 15.9. The Balaban J connectivity index is 1.72. The van der Waals surface area contributed by atoms with E-state index in [2.05, 4.69) is 23.9 Å². The monoisotopic (exact) mass is 340 g/mol. The normalized spacial score (nSPS) is 27.5. The van der Waals surface area contributed by atoms with Crippen molar-refractivity contribution in [3.63, 3.8) is 0 Å². The van der Waals surface area contributed by atoms with Crippen LogP contribution in [0.25, 0.3) is 0 Å². The highest BCUT2D eigenvalue weighted by Gasteiger charge is 2.43. The van der Waals surface area contributed by atoms with Gasteiger partial charge in [-0.2, -0.15) is 0 Å². The third kappa shape index (κ3) is 3.12. The van der Waals surface area contributed by atoms with Gasteiger partial charge in [-0.1, -0.05) is 29.3 Å². The van der Waals surface area contributed by atoms with E-state index in [4.69, 9.17) is 23.2 Å². The van der Waals surface area contributed by atoms with E-state index < -0.39 is 0 Å². The lowest BCUT2D eigenvalue weighted by Gasteiger charge is -2.37. The van der Waals surface area contributed by atoms with Gasteiger partial charge in [0.25, 0.3) is 0 Å². The zero-order valence-corrected chi connectivity index (χ0v) is 14.6. The molecule has 2 bridgehead atoms. The molecule has 0 radical (unpaired) electrons. The molecule has 0 aromatic heterocycles. The molecule has 1 aromatic carbocycles. The summed E-state index contributed by atoms with van der Waals surface area (Å²) in [5.74, 6) is 0.988. The van der Waals surface area contributed by atoms with Crippen LogP contribution in [0, 0.1) is 5.92 Å². The van der Waals surface area contributed by atoms with Crippen LogP contribution in [0.1, 0.15) is 24.8 Å². The Labute approximate surface area is 142 Å². The summed E-state index contributed by atoms with van der Waals surface area (Å²) in [5, 5.41) is 1.04. The van der Waals surface area contributed by atoms with Gasteiger partial charge >= 0.3 is 0 Å². The third-order valence-electron chi connectivity index (χ3n) is 5.10. The molecule has 0 N–H and O–H groups in total. The first-order chi connectivity index (χ1) is 10.5. The summed E-state index contributed by atoms with van der Waals surface area (Å²) < 4.78 is 0. The second-order valence-electron chi connectivity index (χ2n) is 6.74. The molecule has 3 rings (SSSR count). The molecule has 3 atom stereocenters. The van der Waals surface area contributed by atoms with Gasteiger partial charge in [-0.3, -0.25) is 4.79 Å². The minimum atomic E-state index is 0.204. The van der Waals surface area contributed by atoms with E-state index >= 15 is 0 Å². The van der Waals surface area contributed by atoms with Crippen molar-refractivity contribution in [3.8, 4) is 0 Å². The largest absolute Gasteiger partial charge is 0.338 e. The number of amides is 1. The van der Waals surface area contributed by atoms with Crippen LogP contribution in [0.15, 0.2) is 18.2 Å². The van der Waals surface area contributed by atoms with Crippen LogP contribution in [0.4, 0.5) is 0 Å². The second-order valence-corrected chi connectivity index (χ2v) is 7.55. The first-order valence-electron chi connectivity index (χ1n) is 7.85. The summed E-state index contributed by atoms with van der Waals surface area (Å²) in [6.45, 7) is 0.889. The topological polar surface area (TPSA) is 23.6 Å². The van der Waals surface area contributed by atoms with E-state index in [1.807, 2.05) is 6.07 Å². The van der Waals surface area contributed by atoms with E-state index in [1.54, 1.807) is 12.1 Å². The Bertz CT molecular complexity index is 576. The van der Waals surface area contributed by atoms with Crippen molar-refractivity contribution in [2.75, 3.05) is 20.6 Å². The van der Waals surface area contributed by atoms with Crippen LogP contribution in [-0.4, -0.2) is 48.4 Å². The second kappa shape index (κ2) is 6.38. The zero-order valence-electron chi connectivity index (χ0n) is 13.1. The Morgan fingerprint density at radius 1 is 1.27 bits per heavy atom. The van der Waals surface area contributed by atoms with Gasteiger partial charge < -0.3 is 9.80 Å². The molecule has 22 heavy (non-hydrogen) atoms. The maximum Gasteiger partial charge on any atom is 0.227 e. The molecular weight excluding hydrogens is 319 g/mol. The molecule has 1 aromatic rings. The average molecular weight is 341 g/mol. The minimum absolute atomic E-state index is 0.204.